The second-order valence-corrected chi connectivity index (χ2v) is 8.28. The Labute approximate surface area is 153 Å². The quantitative estimate of drug-likeness (QED) is 0.644. The normalized spacial score (nSPS) is 19.1. The van der Waals surface area contributed by atoms with E-state index in [0.29, 0.717) is 13.0 Å². The Balaban J connectivity index is 2.10. The molecular formula is C17H24N2O6S. The molecule has 1 aromatic rings. The zero-order chi connectivity index (χ0) is 19.3. The first-order chi connectivity index (χ1) is 12.2. The number of rotatable bonds is 7. The lowest BCUT2D eigenvalue weighted by atomic mass is 9.93. The number of carboxylic acid groups (broad SMARTS) is 1. The molecule has 0 bridgehead atoms. The smallest absolute Gasteiger partial charge is 0.326 e. The summed E-state index contributed by atoms with van der Waals surface area (Å²) < 4.78 is 31.9. The van der Waals surface area contributed by atoms with Crippen LogP contribution in [0, 0.1) is 5.92 Å². The van der Waals surface area contributed by atoms with Gasteiger partial charge in [0.25, 0.3) is 5.91 Å². The van der Waals surface area contributed by atoms with Crippen LogP contribution in [0.4, 0.5) is 0 Å². The standard InChI is InChI=1S/C17H24N2O6S/c1-11(2)19-26(23,24)14-7-5-12(6-8-14)16(20)18-15(17(21)22)13-4-3-9-25-10-13/h5-8,11,13,15,19H,3-4,9-10H2,1-2H3,(H,18,20)(H,21,22). The van der Waals surface area contributed by atoms with Gasteiger partial charge in [-0.2, -0.15) is 0 Å². The van der Waals surface area contributed by atoms with Gasteiger partial charge < -0.3 is 15.2 Å². The van der Waals surface area contributed by atoms with E-state index in [1.807, 2.05) is 0 Å². The minimum Gasteiger partial charge on any atom is -0.480 e. The van der Waals surface area contributed by atoms with Crippen LogP contribution in [0.5, 0.6) is 0 Å². The van der Waals surface area contributed by atoms with Crippen molar-refractivity contribution in [3.8, 4) is 0 Å². The molecule has 26 heavy (non-hydrogen) atoms. The number of hydrogen-bond acceptors (Lipinski definition) is 5. The van der Waals surface area contributed by atoms with Crippen LogP contribution >= 0.6 is 0 Å². The van der Waals surface area contributed by atoms with Crippen LogP contribution in [0.25, 0.3) is 0 Å². The third kappa shape index (κ3) is 5.26. The van der Waals surface area contributed by atoms with Crippen LogP contribution in [0.15, 0.2) is 29.2 Å². The first-order valence-corrected chi connectivity index (χ1v) is 9.93. The van der Waals surface area contributed by atoms with E-state index in [2.05, 4.69) is 10.0 Å². The van der Waals surface area contributed by atoms with E-state index in [4.69, 9.17) is 4.74 Å². The average Bonchev–Trinajstić information content (AvgIpc) is 2.59. The minimum absolute atomic E-state index is 0.0400. The van der Waals surface area contributed by atoms with Crippen molar-refractivity contribution in [3.63, 3.8) is 0 Å². The Bertz CT molecular complexity index is 739. The number of carbonyl (C=O) groups is 2. The van der Waals surface area contributed by atoms with Crippen LogP contribution in [0.3, 0.4) is 0 Å². The molecule has 1 heterocycles. The molecule has 1 amide bonds. The molecule has 0 aromatic heterocycles. The van der Waals surface area contributed by atoms with Crippen LogP contribution in [-0.2, 0) is 19.6 Å². The predicted octanol–water partition coefficient (Wildman–Crippen LogP) is 0.983. The summed E-state index contributed by atoms with van der Waals surface area (Å²) in [6.07, 6.45) is 1.41. The van der Waals surface area contributed by atoms with E-state index in [1.54, 1.807) is 13.8 Å². The first-order valence-electron chi connectivity index (χ1n) is 8.44. The molecule has 1 aromatic carbocycles. The van der Waals surface area contributed by atoms with Crippen molar-refractivity contribution in [2.24, 2.45) is 5.92 Å². The molecule has 144 valence electrons. The average molecular weight is 384 g/mol. The maximum atomic E-state index is 12.4. The summed E-state index contributed by atoms with van der Waals surface area (Å²) in [4.78, 5) is 23.9. The number of hydrogen-bond donors (Lipinski definition) is 3. The number of benzene rings is 1. The molecule has 9 heteroatoms. The zero-order valence-corrected chi connectivity index (χ0v) is 15.6. The molecular weight excluding hydrogens is 360 g/mol. The van der Waals surface area contributed by atoms with E-state index >= 15 is 0 Å². The number of nitrogens with one attached hydrogen (secondary N) is 2. The van der Waals surface area contributed by atoms with Gasteiger partial charge in [-0.1, -0.05) is 0 Å². The van der Waals surface area contributed by atoms with Gasteiger partial charge in [0.15, 0.2) is 0 Å². The summed E-state index contributed by atoms with van der Waals surface area (Å²) in [5.74, 6) is -1.97. The van der Waals surface area contributed by atoms with Crippen LogP contribution < -0.4 is 10.0 Å². The van der Waals surface area contributed by atoms with Gasteiger partial charge >= 0.3 is 5.97 Å². The molecule has 0 saturated carbocycles. The molecule has 2 rings (SSSR count). The number of aliphatic carboxylic acids is 1. The van der Waals surface area contributed by atoms with Gasteiger partial charge in [-0.05, 0) is 51.0 Å². The Kier molecular flexibility index (Phi) is 6.74. The Morgan fingerprint density at radius 2 is 1.88 bits per heavy atom. The van der Waals surface area contributed by atoms with Gasteiger partial charge in [0.2, 0.25) is 10.0 Å². The molecule has 2 unspecified atom stereocenters. The largest absolute Gasteiger partial charge is 0.480 e. The first kappa shape index (κ1) is 20.3. The predicted molar refractivity (Wildman–Crippen MR) is 94.3 cm³/mol. The third-order valence-corrected chi connectivity index (χ3v) is 5.71. The van der Waals surface area contributed by atoms with Gasteiger partial charge in [-0.3, -0.25) is 4.79 Å². The fraction of sp³-hybridized carbons (Fsp3) is 0.529. The Morgan fingerprint density at radius 1 is 1.23 bits per heavy atom. The topological polar surface area (TPSA) is 122 Å². The maximum Gasteiger partial charge on any atom is 0.326 e. The Hall–Kier alpha value is -1.97. The van der Waals surface area contributed by atoms with Crippen molar-refractivity contribution in [1.82, 2.24) is 10.0 Å². The lowest BCUT2D eigenvalue weighted by molar-refractivity contribution is -0.142. The van der Waals surface area contributed by atoms with Crippen molar-refractivity contribution in [3.05, 3.63) is 29.8 Å². The summed E-state index contributed by atoms with van der Waals surface area (Å²) in [5, 5.41) is 11.9. The van der Waals surface area contributed by atoms with Crippen molar-refractivity contribution < 1.29 is 27.9 Å². The number of sulfonamides is 1. The van der Waals surface area contributed by atoms with Crippen molar-refractivity contribution in [2.75, 3.05) is 13.2 Å². The van der Waals surface area contributed by atoms with Crippen molar-refractivity contribution in [1.29, 1.82) is 0 Å². The van der Waals surface area contributed by atoms with E-state index in [-0.39, 0.29) is 29.0 Å². The molecule has 0 spiro atoms. The highest BCUT2D eigenvalue weighted by Gasteiger charge is 2.31. The van der Waals surface area contributed by atoms with E-state index < -0.39 is 27.9 Å². The molecule has 1 aliphatic heterocycles. The van der Waals surface area contributed by atoms with Gasteiger partial charge in [0.05, 0.1) is 11.5 Å². The molecule has 8 nitrogen and oxygen atoms in total. The highest BCUT2D eigenvalue weighted by atomic mass is 32.2. The lowest BCUT2D eigenvalue weighted by Gasteiger charge is -2.28. The third-order valence-electron chi connectivity index (χ3n) is 4.04. The molecule has 1 saturated heterocycles. The zero-order valence-electron chi connectivity index (χ0n) is 14.8. The number of ether oxygens (including phenoxy) is 1. The van der Waals surface area contributed by atoms with Crippen LogP contribution in [0.1, 0.15) is 37.0 Å². The second-order valence-electron chi connectivity index (χ2n) is 6.57. The molecule has 3 N–H and O–H groups in total. The van der Waals surface area contributed by atoms with Gasteiger partial charge in [0.1, 0.15) is 6.04 Å². The van der Waals surface area contributed by atoms with Crippen molar-refractivity contribution >= 4 is 21.9 Å². The summed E-state index contributed by atoms with van der Waals surface area (Å²) in [6, 6.07) is 4.06. The highest BCUT2D eigenvalue weighted by molar-refractivity contribution is 7.89. The van der Waals surface area contributed by atoms with Gasteiger partial charge in [-0.25, -0.2) is 17.9 Å². The fourth-order valence-corrected chi connectivity index (χ4v) is 4.05. The number of amides is 1. The van der Waals surface area contributed by atoms with E-state index in [1.165, 1.54) is 24.3 Å². The SMILES string of the molecule is CC(C)NS(=O)(=O)c1ccc(C(=O)NC(C(=O)O)C2CCCOC2)cc1. The summed E-state index contributed by atoms with van der Waals surface area (Å²) in [5.41, 5.74) is 0.191. The summed E-state index contributed by atoms with van der Waals surface area (Å²) >= 11 is 0. The molecule has 2 atom stereocenters. The van der Waals surface area contributed by atoms with Crippen LogP contribution in [-0.4, -0.2) is 50.7 Å². The van der Waals surface area contributed by atoms with Gasteiger partial charge in [-0.15, -0.1) is 0 Å². The van der Waals surface area contributed by atoms with Crippen molar-refractivity contribution in [2.45, 2.75) is 43.7 Å². The van der Waals surface area contributed by atoms with Crippen LogP contribution in [0.2, 0.25) is 0 Å². The molecule has 0 aliphatic carbocycles. The maximum absolute atomic E-state index is 12.4. The fourth-order valence-electron chi connectivity index (χ4n) is 2.80. The summed E-state index contributed by atoms with van der Waals surface area (Å²) in [7, 11) is -3.65. The second kappa shape index (κ2) is 8.61. The highest BCUT2D eigenvalue weighted by Crippen LogP contribution is 2.19. The van der Waals surface area contributed by atoms with E-state index in [0.717, 1.165) is 6.42 Å². The Morgan fingerprint density at radius 3 is 2.38 bits per heavy atom. The van der Waals surface area contributed by atoms with E-state index in [9.17, 15) is 23.1 Å². The number of carbonyl (C=O) groups excluding carboxylic acids is 1. The summed E-state index contributed by atoms with van der Waals surface area (Å²) in [6.45, 7) is 4.30. The lowest BCUT2D eigenvalue weighted by Crippen LogP contribution is -2.48. The monoisotopic (exact) mass is 384 g/mol. The molecule has 0 radical (unpaired) electrons. The number of carboxylic acids is 1. The molecule has 1 fully saturated rings. The van der Waals surface area contributed by atoms with Gasteiger partial charge in [0, 0.05) is 24.1 Å². The minimum atomic E-state index is -3.65. The molecule has 1 aliphatic rings.